The van der Waals surface area contributed by atoms with Gasteiger partial charge in [0.1, 0.15) is 17.1 Å². The summed E-state index contributed by atoms with van der Waals surface area (Å²) in [5.41, 5.74) is -1.68. The first-order chi connectivity index (χ1) is 11.3. The van der Waals surface area contributed by atoms with E-state index in [0.717, 1.165) is 6.07 Å². The Balaban J connectivity index is 2.69. The molecule has 0 aliphatic carbocycles. The van der Waals surface area contributed by atoms with Crippen LogP contribution in [0.15, 0.2) is 6.07 Å². The van der Waals surface area contributed by atoms with Gasteiger partial charge in [-0.1, -0.05) is 20.8 Å². The second-order valence-corrected chi connectivity index (χ2v) is 8.26. The van der Waals surface area contributed by atoms with Gasteiger partial charge in [-0.15, -0.1) is 0 Å². The molecule has 0 bridgehead atoms. The van der Waals surface area contributed by atoms with Gasteiger partial charge >= 0.3 is 0 Å². The largest absolute Gasteiger partial charge is 0.302 e. The normalized spacial score (nSPS) is 12.3. The highest BCUT2D eigenvalue weighted by Crippen LogP contribution is 2.33. The Morgan fingerprint density at radius 3 is 2.36 bits per heavy atom. The quantitative estimate of drug-likeness (QED) is 0.879. The van der Waals surface area contributed by atoms with Gasteiger partial charge in [-0.25, -0.2) is 13.8 Å². The van der Waals surface area contributed by atoms with Crippen molar-refractivity contribution in [3.05, 3.63) is 23.3 Å². The summed E-state index contributed by atoms with van der Waals surface area (Å²) in [4.78, 5) is 16.4. The van der Waals surface area contributed by atoms with Gasteiger partial charge in [0.05, 0.1) is 5.56 Å². The molecule has 0 fully saturated rings. The number of nitrogens with one attached hydrogen (secondary N) is 1. The van der Waals surface area contributed by atoms with Crippen molar-refractivity contribution < 1.29 is 13.6 Å². The van der Waals surface area contributed by atoms with Gasteiger partial charge in [0.2, 0.25) is 11.9 Å². The molecule has 25 heavy (non-hydrogen) atoms. The number of rotatable bonds is 2. The molecule has 0 radical (unpaired) electrons. The average Bonchev–Trinajstić information content (AvgIpc) is 2.80. The second-order valence-electron chi connectivity index (χ2n) is 8.26. The number of nitriles is 1. The van der Waals surface area contributed by atoms with Crippen molar-refractivity contribution >= 4 is 22.9 Å². The van der Waals surface area contributed by atoms with Crippen molar-refractivity contribution in [1.29, 1.82) is 5.26 Å². The first kappa shape index (κ1) is 18.8. The predicted octanol–water partition coefficient (Wildman–Crippen LogP) is 4.32. The minimum absolute atomic E-state index is 0.0599. The van der Waals surface area contributed by atoms with Crippen molar-refractivity contribution in [3.8, 4) is 6.07 Å². The number of carbonyl (C=O) groups is 1. The van der Waals surface area contributed by atoms with Crippen LogP contribution in [0.4, 0.5) is 14.7 Å². The van der Waals surface area contributed by atoms with E-state index in [1.54, 1.807) is 26.8 Å². The number of hydrogen-bond acceptors (Lipinski definition) is 3. The van der Waals surface area contributed by atoms with Gasteiger partial charge in [0.25, 0.3) is 0 Å². The molecule has 0 spiro atoms. The monoisotopic (exact) mass is 348 g/mol. The topological polar surface area (TPSA) is 70.7 Å². The Morgan fingerprint density at radius 1 is 1.28 bits per heavy atom. The lowest BCUT2D eigenvalue weighted by Crippen LogP contribution is -2.27. The molecule has 1 N–H and O–H groups in total. The Labute approximate surface area is 145 Å². The van der Waals surface area contributed by atoms with Gasteiger partial charge in [-0.3, -0.25) is 10.1 Å². The molecule has 2 rings (SSSR count). The zero-order valence-corrected chi connectivity index (χ0v) is 15.3. The number of hydrogen-bond donors (Lipinski definition) is 1. The fraction of sp³-hybridized carbons (Fsp3) is 0.500. The van der Waals surface area contributed by atoms with Crippen molar-refractivity contribution in [1.82, 2.24) is 9.55 Å². The maximum Gasteiger partial charge on any atom is 0.227 e. The summed E-state index contributed by atoms with van der Waals surface area (Å²) < 4.78 is 30.4. The second kappa shape index (κ2) is 6.10. The van der Waals surface area contributed by atoms with Gasteiger partial charge in [0, 0.05) is 12.0 Å². The molecule has 1 aromatic heterocycles. The van der Waals surface area contributed by atoms with Crippen LogP contribution in [0.3, 0.4) is 0 Å². The van der Waals surface area contributed by atoms with Crippen LogP contribution in [0.25, 0.3) is 11.0 Å². The third kappa shape index (κ3) is 3.78. The summed E-state index contributed by atoms with van der Waals surface area (Å²) >= 11 is 0. The van der Waals surface area contributed by atoms with Gasteiger partial charge in [-0.2, -0.15) is 5.26 Å². The lowest BCUT2D eigenvalue weighted by atomic mass is 9.92. The van der Waals surface area contributed by atoms with Crippen LogP contribution in [-0.2, 0) is 10.3 Å². The molecule has 1 heterocycles. The molecular formula is C18H22F2N4O. The minimum Gasteiger partial charge on any atom is -0.302 e. The van der Waals surface area contributed by atoms with E-state index >= 15 is 0 Å². The molecule has 1 amide bonds. The fourth-order valence-electron chi connectivity index (χ4n) is 2.64. The van der Waals surface area contributed by atoms with Crippen LogP contribution in [-0.4, -0.2) is 15.5 Å². The Kier molecular flexibility index (Phi) is 4.60. The van der Waals surface area contributed by atoms with Gasteiger partial charge in [0.15, 0.2) is 11.6 Å². The van der Waals surface area contributed by atoms with E-state index < -0.39 is 22.7 Å². The van der Waals surface area contributed by atoms with Gasteiger partial charge < -0.3 is 4.57 Å². The molecule has 2 aromatic rings. The van der Waals surface area contributed by atoms with Crippen LogP contribution in [0.5, 0.6) is 0 Å². The molecule has 0 unspecified atom stereocenters. The Hall–Kier alpha value is -2.49. The van der Waals surface area contributed by atoms with Gasteiger partial charge in [-0.05, 0) is 32.3 Å². The first-order valence-corrected chi connectivity index (χ1v) is 7.96. The number of benzene rings is 1. The summed E-state index contributed by atoms with van der Waals surface area (Å²) in [5.74, 6) is -1.89. The summed E-state index contributed by atoms with van der Waals surface area (Å²) in [6.07, 6.45) is 0.231. The van der Waals surface area contributed by atoms with E-state index in [2.05, 4.69) is 10.3 Å². The summed E-state index contributed by atoms with van der Waals surface area (Å²) in [5, 5.41) is 11.7. The van der Waals surface area contributed by atoms with Crippen LogP contribution in [0.1, 0.15) is 53.5 Å². The molecule has 1 aromatic carbocycles. The number of nitrogens with zero attached hydrogens (tertiary/aromatic N) is 3. The van der Waals surface area contributed by atoms with Crippen molar-refractivity contribution in [2.45, 2.75) is 53.5 Å². The molecule has 7 heteroatoms. The highest BCUT2D eigenvalue weighted by atomic mass is 19.1. The zero-order chi connectivity index (χ0) is 19.2. The Morgan fingerprint density at radius 2 is 1.88 bits per heavy atom. The summed E-state index contributed by atoms with van der Waals surface area (Å²) in [6, 6.07) is 2.46. The molecule has 5 nitrogen and oxygen atoms in total. The van der Waals surface area contributed by atoms with E-state index in [-0.39, 0.29) is 34.7 Å². The smallest absolute Gasteiger partial charge is 0.227 e. The molecule has 0 atom stereocenters. The highest BCUT2D eigenvalue weighted by Gasteiger charge is 2.28. The molecule has 0 aliphatic rings. The molecule has 0 saturated carbocycles. The lowest BCUT2D eigenvalue weighted by molar-refractivity contribution is -0.117. The molecular weight excluding hydrogens is 326 g/mol. The number of amides is 1. The third-order valence-corrected chi connectivity index (χ3v) is 3.55. The van der Waals surface area contributed by atoms with E-state index in [1.165, 1.54) is 4.57 Å². The van der Waals surface area contributed by atoms with Crippen LogP contribution < -0.4 is 5.32 Å². The van der Waals surface area contributed by atoms with Crippen LogP contribution in [0.2, 0.25) is 0 Å². The zero-order valence-electron chi connectivity index (χ0n) is 15.3. The molecule has 0 aliphatic heterocycles. The van der Waals surface area contributed by atoms with Crippen molar-refractivity contribution in [3.63, 3.8) is 0 Å². The van der Waals surface area contributed by atoms with Crippen molar-refractivity contribution in [2.24, 2.45) is 5.41 Å². The van der Waals surface area contributed by atoms with E-state index in [0.29, 0.717) is 0 Å². The van der Waals surface area contributed by atoms with E-state index in [1.807, 2.05) is 20.8 Å². The number of halogens is 2. The number of aromatic nitrogens is 2. The molecule has 134 valence electrons. The summed E-state index contributed by atoms with van der Waals surface area (Å²) in [7, 11) is 0. The standard InChI is InChI=1S/C18H22F2N4O/c1-17(2,3)8-12(25)22-16-23-14-11(19)7-10(9-21)13(20)15(14)24(16)18(4,5)6/h7H,8H2,1-6H3,(H,22,23,25). The highest BCUT2D eigenvalue weighted by molar-refractivity contribution is 5.92. The maximum absolute atomic E-state index is 14.7. The van der Waals surface area contributed by atoms with E-state index in [4.69, 9.17) is 5.26 Å². The first-order valence-electron chi connectivity index (χ1n) is 7.96. The SMILES string of the molecule is CC(C)(C)CC(=O)Nc1nc2c(F)cc(C#N)c(F)c2n1C(C)(C)C. The third-order valence-electron chi connectivity index (χ3n) is 3.55. The minimum atomic E-state index is -0.849. The number of imidazole rings is 1. The maximum atomic E-state index is 14.7. The summed E-state index contributed by atoms with van der Waals surface area (Å²) in [6.45, 7) is 11.1. The number of carbonyl (C=O) groups excluding carboxylic acids is 1. The number of fused-ring (bicyclic) bond motifs is 1. The number of anilines is 1. The van der Waals surface area contributed by atoms with E-state index in [9.17, 15) is 13.6 Å². The Bertz CT molecular complexity index is 880. The lowest BCUT2D eigenvalue weighted by Gasteiger charge is -2.25. The van der Waals surface area contributed by atoms with Crippen molar-refractivity contribution in [2.75, 3.05) is 5.32 Å². The van der Waals surface area contributed by atoms with Crippen LogP contribution in [0, 0.1) is 28.4 Å². The predicted molar refractivity (Wildman–Crippen MR) is 92.1 cm³/mol. The molecule has 0 saturated heterocycles. The average molecular weight is 348 g/mol. The fourth-order valence-corrected chi connectivity index (χ4v) is 2.64. The van der Waals surface area contributed by atoms with Crippen LogP contribution >= 0.6 is 0 Å².